The monoisotopic (exact) mass is 262 g/mol. The first-order chi connectivity index (χ1) is 9.00. The number of nitrogens with zero attached hydrogens (tertiary/aromatic N) is 2. The van der Waals surface area contributed by atoms with Gasteiger partial charge < -0.3 is 11.1 Å². The fourth-order valence-corrected chi connectivity index (χ4v) is 1.93. The largest absolute Gasteiger partial charge is 0.365 e. The summed E-state index contributed by atoms with van der Waals surface area (Å²) in [7, 11) is 1.44. The summed E-state index contributed by atoms with van der Waals surface area (Å²) in [5.74, 6) is -0.907. The average Bonchev–Trinajstić information content (AvgIpc) is 2.40. The van der Waals surface area contributed by atoms with Crippen LogP contribution in [-0.2, 0) is 9.59 Å². The van der Waals surface area contributed by atoms with Crippen molar-refractivity contribution >= 4 is 23.5 Å². The molecule has 1 unspecified atom stereocenters. The minimum Gasteiger partial charge on any atom is -0.365 e. The number of hydrogen-bond acceptors (Lipinski definition) is 5. The third-order valence-corrected chi connectivity index (χ3v) is 3.03. The van der Waals surface area contributed by atoms with Crippen molar-refractivity contribution in [2.45, 2.75) is 18.9 Å². The Hall–Kier alpha value is -2.44. The molecule has 1 aromatic heterocycles. The molecule has 1 aliphatic heterocycles. The molecule has 1 fully saturated rings. The van der Waals surface area contributed by atoms with Gasteiger partial charge in [0.2, 0.25) is 5.91 Å². The lowest BCUT2D eigenvalue weighted by Gasteiger charge is -2.28. The molecule has 3 N–H and O–H groups in total. The molecule has 2 rings (SSSR count). The Bertz CT molecular complexity index is 544. The first kappa shape index (κ1) is 13.0. The summed E-state index contributed by atoms with van der Waals surface area (Å²) in [4.78, 5) is 39.6. The molecule has 1 atom stereocenters. The standard InChI is InChI=1S/C12H14N4O3/c1-16-9(17)5-4-8(12(16)19)15-11-7(10(13)18)3-2-6-14-11/h2-3,6,8H,4-5H2,1H3,(H2,13,18)(H,14,15). The number of hydrogen-bond donors (Lipinski definition) is 2. The van der Waals surface area contributed by atoms with Gasteiger partial charge in [-0.1, -0.05) is 0 Å². The van der Waals surface area contributed by atoms with Crippen molar-refractivity contribution in [2.24, 2.45) is 5.73 Å². The van der Waals surface area contributed by atoms with Crippen LogP contribution in [-0.4, -0.2) is 40.7 Å². The number of likely N-dealkylation sites (tertiary alicyclic amines) is 1. The van der Waals surface area contributed by atoms with Crippen molar-refractivity contribution in [3.8, 4) is 0 Å². The number of rotatable bonds is 3. The van der Waals surface area contributed by atoms with Gasteiger partial charge in [-0.2, -0.15) is 0 Å². The number of aromatic nitrogens is 1. The summed E-state index contributed by atoms with van der Waals surface area (Å²) in [5.41, 5.74) is 5.45. The van der Waals surface area contributed by atoms with Crippen LogP contribution in [0, 0.1) is 0 Å². The zero-order valence-corrected chi connectivity index (χ0v) is 10.4. The molecule has 19 heavy (non-hydrogen) atoms. The second-order valence-electron chi connectivity index (χ2n) is 4.29. The molecule has 100 valence electrons. The van der Waals surface area contributed by atoms with Crippen LogP contribution in [0.2, 0.25) is 0 Å². The van der Waals surface area contributed by atoms with E-state index >= 15 is 0 Å². The SMILES string of the molecule is CN1C(=O)CCC(Nc2ncccc2C(N)=O)C1=O. The maximum Gasteiger partial charge on any atom is 0.252 e. The number of likely N-dealkylation sites (N-methyl/N-ethyl adjacent to an activating group) is 1. The number of piperidine rings is 1. The zero-order valence-electron chi connectivity index (χ0n) is 10.4. The summed E-state index contributed by atoms with van der Waals surface area (Å²) >= 11 is 0. The van der Waals surface area contributed by atoms with Crippen LogP contribution in [0.25, 0.3) is 0 Å². The van der Waals surface area contributed by atoms with Crippen LogP contribution >= 0.6 is 0 Å². The number of anilines is 1. The van der Waals surface area contributed by atoms with E-state index in [1.165, 1.54) is 19.3 Å². The molecule has 7 heteroatoms. The third kappa shape index (κ3) is 2.54. The van der Waals surface area contributed by atoms with Gasteiger partial charge in [0.25, 0.3) is 11.8 Å². The topological polar surface area (TPSA) is 105 Å². The minimum atomic E-state index is -0.622. The van der Waals surface area contributed by atoms with Gasteiger partial charge in [-0.05, 0) is 18.6 Å². The molecule has 1 aromatic rings. The number of carbonyl (C=O) groups is 3. The number of nitrogens with one attached hydrogen (secondary N) is 1. The van der Waals surface area contributed by atoms with E-state index in [9.17, 15) is 14.4 Å². The Balaban J connectivity index is 2.20. The average molecular weight is 262 g/mol. The Morgan fingerprint density at radius 1 is 1.53 bits per heavy atom. The number of imide groups is 1. The second kappa shape index (κ2) is 5.05. The molecule has 0 spiro atoms. The molecule has 3 amide bonds. The highest BCUT2D eigenvalue weighted by atomic mass is 16.2. The number of pyridine rings is 1. The lowest BCUT2D eigenvalue weighted by Crippen LogP contribution is -2.48. The molecule has 0 aromatic carbocycles. The van der Waals surface area contributed by atoms with E-state index in [0.717, 1.165) is 4.90 Å². The molecule has 1 saturated heterocycles. The highest BCUT2D eigenvalue weighted by Crippen LogP contribution is 2.18. The predicted molar refractivity (Wildman–Crippen MR) is 67.2 cm³/mol. The van der Waals surface area contributed by atoms with Crippen molar-refractivity contribution in [1.29, 1.82) is 0 Å². The first-order valence-electron chi connectivity index (χ1n) is 5.82. The normalized spacial score (nSPS) is 19.4. The fourth-order valence-electron chi connectivity index (χ4n) is 1.93. The van der Waals surface area contributed by atoms with E-state index in [1.807, 2.05) is 0 Å². The first-order valence-corrected chi connectivity index (χ1v) is 5.82. The highest BCUT2D eigenvalue weighted by Gasteiger charge is 2.32. The summed E-state index contributed by atoms with van der Waals surface area (Å²) in [6.07, 6.45) is 2.15. The van der Waals surface area contributed by atoms with Gasteiger partial charge in [-0.3, -0.25) is 19.3 Å². The molecule has 7 nitrogen and oxygen atoms in total. The van der Waals surface area contributed by atoms with Crippen LogP contribution in [0.1, 0.15) is 23.2 Å². The van der Waals surface area contributed by atoms with E-state index < -0.39 is 11.9 Å². The van der Waals surface area contributed by atoms with Gasteiger partial charge in [0.15, 0.2) is 0 Å². The van der Waals surface area contributed by atoms with Crippen LogP contribution in [0.3, 0.4) is 0 Å². The van der Waals surface area contributed by atoms with E-state index in [2.05, 4.69) is 10.3 Å². The van der Waals surface area contributed by atoms with Crippen LogP contribution in [0.4, 0.5) is 5.82 Å². The Labute approximate surface area is 109 Å². The lowest BCUT2D eigenvalue weighted by atomic mass is 10.0. The zero-order chi connectivity index (χ0) is 14.0. The lowest BCUT2D eigenvalue weighted by molar-refractivity contribution is -0.146. The van der Waals surface area contributed by atoms with E-state index in [0.29, 0.717) is 6.42 Å². The van der Waals surface area contributed by atoms with Crippen LogP contribution < -0.4 is 11.1 Å². The maximum absolute atomic E-state index is 11.9. The summed E-state index contributed by atoms with van der Waals surface area (Å²) in [6.45, 7) is 0. The number of nitrogens with two attached hydrogens (primary N) is 1. The quantitative estimate of drug-likeness (QED) is 0.730. The van der Waals surface area contributed by atoms with Gasteiger partial charge >= 0.3 is 0 Å². The maximum atomic E-state index is 11.9. The van der Waals surface area contributed by atoms with Crippen molar-refractivity contribution in [3.63, 3.8) is 0 Å². The van der Waals surface area contributed by atoms with E-state index in [-0.39, 0.29) is 29.6 Å². The van der Waals surface area contributed by atoms with Crippen molar-refractivity contribution in [2.75, 3.05) is 12.4 Å². The molecular formula is C12H14N4O3. The number of amides is 3. The minimum absolute atomic E-state index is 0.209. The van der Waals surface area contributed by atoms with Crippen molar-refractivity contribution < 1.29 is 14.4 Å². The molecule has 0 radical (unpaired) electrons. The summed E-state index contributed by atoms with van der Waals surface area (Å²) in [6, 6.07) is 2.54. The van der Waals surface area contributed by atoms with Gasteiger partial charge in [-0.15, -0.1) is 0 Å². The molecule has 0 bridgehead atoms. The molecule has 0 saturated carbocycles. The summed E-state index contributed by atoms with van der Waals surface area (Å²) in [5, 5.41) is 2.88. The third-order valence-electron chi connectivity index (χ3n) is 3.03. The second-order valence-corrected chi connectivity index (χ2v) is 4.29. The molecular weight excluding hydrogens is 248 g/mol. The van der Waals surface area contributed by atoms with Gasteiger partial charge in [0, 0.05) is 19.7 Å². The summed E-state index contributed by atoms with van der Waals surface area (Å²) < 4.78 is 0. The van der Waals surface area contributed by atoms with Crippen LogP contribution in [0.5, 0.6) is 0 Å². The number of primary amides is 1. The van der Waals surface area contributed by atoms with Gasteiger partial charge in [-0.25, -0.2) is 4.98 Å². The Kier molecular flexibility index (Phi) is 3.46. The van der Waals surface area contributed by atoms with Crippen molar-refractivity contribution in [1.82, 2.24) is 9.88 Å². The molecule has 2 heterocycles. The Morgan fingerprint density at radius 3 is 2.95 bits per heavy atom. The van der Waals surface area contributed by atoms with Gasteiger partial charge in [0.05, 0.1) is 5.56 Å². The predicted octanol–water partition coefficient (Wildman–Crippen LogP) is -0.260. The van der Waals surface area contributed by atoms with Crippen molar-refractivity contribution in [3.05, 3.63) is 23.9 Å². The smallest absolute Gasteiger partial charge is 0.252 e. The van der Waals surface area contributed by atoms with Gasteiger partial charge in [0.1, 0.15) is 11.9 Å². The Morgan fingerprint density at radius 2 is 2.26 bits per heavy atom. The van der Waals surface area contributed by atoms with E-state index in [4.69, 9.17) is 5.73 Å². The molecule has 0 aliphatic carbocycles. The number of carbonyl (C=O) groups excluding carboxylic acids is 3. The molecule has 1 aliphatic rings. The van der Waals surface area contributed by atoms with Crippen LogP contribution in [0.15, 0.2) is 18.3 Å². The highest BCUT2D eigenvalue weighted by molar-refractivity contribution is 6.02. The fraction of sp³-hybridized carbons (Fsp3) is 0.333. The van der Waals surface area contributed by atoms with E-state index in [1.54, 1.807) is 6.07 Å².